The van der Waals surface area contributed by atoms with Gasteiger partial charge in [0.25, 0.3) is 0 Å². The number of piperidine rings is 1. The Kier molecular flexibility index (Phi) is 4.08. The molecule has 1 saturated carbocycles. The average molecular weight is 299 g/mol. The van der Waals surface area contributed by atoms with Gasteiger partial charge in [-0.05, 0) is 46.6 Å². The van der Waals surface area contributed by atoms with Crippen molar-refractivity contribution in [3.8, 4) is 0 Å². The highest BCUT2D eigenvalue weighted by Crippen LogP contribution is 2.47. The summed E-state index contributed by atoms with van der Waals surface area (Å²) in [5.41, 5.74) is -0.519. The first kappa shape index (κ1) is 15.7. The molecule has 21 heavy (non-hydrogen) atoms. The van der Waals surface area contributed by atoms with Crippen LogP contribution in [0.2, 0.25) is 0 Å². The second-order valence-electron chi connectivity index (χ2n) is 7.59. The number of hydrogen-bond acceptors (Lipinski definition) is 5. The number of ether oxygens (including phenoxy) is 2. The van der Waals surface area contributed by atoms with Crippen molar-refractivity contribution in [2.45, 2.75) is 75.7 Å². The smallest absolute Gasteiger partial charge is 0.116 e. The predicted octanol–water partition coefficient (Wildman–Crippen LogP) is 0.978. The molecular formula is C16H29NO4. The number of hydrogen-bond donors (Lipinski definition) is 2. The molecule has 3 aliphatic rings. The highest BCUT2D eigenvalue weighted by molar-refractivity contribution is 5.03. The number of methoxy groups -OCH3 is 1. The van der Waals surface area contributed by atoms with Gasteiger partial charge in [-0.15, -0.1) is 0 Å². The SMILES string of the molecule is COC1C2CC(O)CCC2N(C)C2OC(C)(C)C(O)CC12. The molecule has 2 aliphatic heterocycles. The molecule has 3 fully saturated rings. The average Bonchev–Trinajstić information content (AvgIpc) is 2.42. The fourth-order valence-electron chi connectivity index (χ4n) is 4.70. The second-order valence-corrected chi connectivity index (χ2v) is 7.59. The van der Waals surface area contributed by atoms with E-state index in [4.69, 9.17) is 9.47 Å². The Morgan fingerprint density at radius 3 is 2.52 bits per heavy atom. The number of aliphatic hydroxyl groups excluding tert-OH is 2. The van der Waals surface area contributed by atoms with Crippen molar-refractivity contribution in [3.63, 3.8) is 0 Å². The van der Waals surface area contributed by atoms with Crippen LogP contribution in [0.4, 0.5) is 0 Å². The minimum absolute atomic E-state index is 0.00940. The highest BCUT2D eigenvalue weighted by Gasteiger charge is 2.55. The molecule has 2 N–H and O–H groups in total. The van der Waals surface area contributed by atoms with Crippen LogP contribution in [0.5, 0.6) is 0 Å². The summed E-state index contributed by atoms with van der Waals surface area (Å²) in [7, 11) is 3.86. The zero-order valence-corrected chi connectivity index (χ0v) is 13.5. The lowest BCUT2D eigenvalue weighted by molar-refractivity contribution is -0.288. The van der Waals surface area contributed by atoms with Crippen LogP contribution < -0.4 is 0 Å². The second kappa shape index (κ2) is 5.46. The zero-order chi connectivity index (χ0) is 15.4. The van der Waals surface area contributed by atoms with Crippen LogP contribution in [0.15, 0.2) is 0 Å². The first-order valence-electron chi connectivity index (χ1n) is 8.14. The lowest BCUT2D eigenvalue weighted by atomic mass is 9.68. The van der Waals surface area contributed by atoms with E-state index < -0.39 is 11.7 Å². The molecule has 5 heteroatoms. The summed E-state index contributed by atoms with van der Waals surface area (Å²) in [5, 5.41) is 20.4. The molecule has 0 bridgehead atoms. The number of rotatable bonds is 1. The summed E-state index contributed by atoms with van der Waals surface area (Å²) < 4.78 is 12.1. The third kappa shape index (κ3) is 2.53. The van der Waals surface area contributed by atoms with E-state index in [9.17, 15) is 10.2 Å². The van der Waals surface area contributed by atoms with Crippen LogP contribution in [0.25, 0.3) is 0 Å². The Morgan fingerprint density at radius 1 is 1.14 bits per heavy atom. The lowest BCUT2D eigenvalue weighted by Crippen LogP contribution is -2.68. The Balaban J connectivity index is 1.88. The molecule has 3 rings (SSSR count). The molecular weight excluding hydrogens is 270 g/mol. The van der Waals surface area contributed by atoms with Crippen LogP contribution in [-0.4, -0.2) is 65.5 Å². The number of nitrogens with zero attached hydrogens (tertiary/aromatic N) is 1. The summed E-state index contributed by atoms with van der Waals surface area (Å²) in [6, 6.07) is 0.394. The molecule has 0 spiro atoms. The Morgan fingerprint density at radius 2 is 1.86 bits per heavy atom. The maximum Gasteiger partial charge on any atom is 0.116 e. The Labute approximate surface area is 127 Å². The van der Waals surface area contributed by atoms with E-state index >= 15 is 0 Å². The normalized spacial score (nSPS) is 50.3. The number of fused-ring (bicyclic) bond motifs is 2. The van der Waals surface area contributed by atoms with Gasteiger partial charge in [0.15, 0.2) is 0 Å². The van der Waals surface area contributed by atoms with Gasteiger partial charge in [-0.3, -0.25) is 4.90 Å². The van der Waals surface area contributed by atoms with Crippen molar-refractivity contribution < 1.29 is 19.7 Å². The molecule has 0 aromatic rings. The van der Waals surface area contributed by atoms with Gasteiger partial charge in [-0.1, -0.05) is 0 Å². The molecule has 0 amide bonds. The molecule has 1 aliphatic carbocycles. The topological polar surface area (TPSA) is 62.2 Å². The van der Waals surface area contributed by atoms with Crippen LogP contribution >= 0.6 is 0 Å². The first-order valence-corrected chi connectivity index (χ1v) is 8.14. The summed E-state index contributed by atoms with van der Waals surface area (Å²) in [5.74, 6) is 0.483. The molecule has 122 valence electrons. The van der Waals surface area contributed by atoms with Gasteiger partial charge in [0.2, 0.25) is 0 Å². The number of likely N-dealkylation sites (tertiary alicyclic amines) is 1. The number of aliphatic hydroxyl groups is 2. The third-order valence-corrected chi connectivity index (χ3v) is 5.96. The van der Waals surface area contributed by atoms with E-state index in [1.54, 1.807) is 7.11 Å². The predicted molar refractivity (Wildman–Crippen MR) is 78.8 cm³/mol. The van der Waals surface area contributed by atoms with Crippen LogP contribution in [-0.2, 0) is 9.47 Å². The fraction of sp³-hybridized carbons (Fsp3) is 1.00. The summed E-state index contributed by atoms with van der Waals surface area (Å²) in [6.07, 6.45) is 2.66. The molecule has 2 heterocycles. The van der Waals surface area contributed by atoms with Gasteiger partial charge in [-0.2, -0.15) is 0 Å². The maximum absolute atomic E-state index is 10.4. The van der Waals surface area contributed by atoms with Gasteiger partial charge in [-0.25, -0.2) is 0 Å². The van der Waals surface area contributed by atoms with E-state index in [2.05, 4.69) is 11.9 Å². The molecule has 0 aromatic carbocycles. The van der Waals surface area contributed by atoms with E-state index in [0.29, 0.717) is 18.4 Å². The third-order valence-electron chi connectivity index (χ3n) is 5.96. The minimum atomic E-state index is -0.519. The van der Waals surface area contributed by atoms with Crippen LogP contribution in [0.1, 0.15) is 39.5 Å². The highest BCUT2D eigenvalue weighted by atomic mass is 16.5. The monoisotopic (exact) mass is 299 g/mol. The minimum Gasteiger partial charge on any atom is -0.393 e. The van der Waals surface area contributed by atoms with Crippen molar-refractivity contribution in [2.24, 2.45) is 11.8 Å². The van der Waals surface area contributed by atoms with E-state index in [-0.39, 0.29) is 24.4 Å². The van der Waals surface area contributed by atoms with E-state index in [0.717, 1.165) is 19.3 Å². The molecule has 5 nitrogen and oxygen atoms in total. The van der Waals surface area contributed by atoms with Crippen LogP contribution in [0, 0.1) is 11.8 Å². The van der Waals surface area contributed by atoms with Gasteiger partial charge in [0.1, 0.15) is 6.23 Å². The molecule has 0 aromatic heterocycles. The fourth-order valence-corrected chi connectivity index (χ4v) is 4.70. The summed E-state index contributed by atoms with van der Waals surface area (Å²) in [4.78, 5) is 2.32. The van der Waals surface area contributed by atoms with Gasteiger partial charge in [0.05, 0.1) is 23.9 Å². The molecule has 0 radical (unpaired) electrons. The largest absolute Gasteiger partial charge is 0.393 e. The van der Waals surface area contributed by atoms with Crippen molar-refractivity contribution in [3.05, 3.63) is 0 Å². The first-order chi connectivity index (χ1) is 9.85. The van der Waals surface area contributed by atoms with Crippen molar-refractivity contribution in [2.75, 3.05) is 14.2 Å². The summed E-state index contributed by atoms with van der Waals surface area (Å²) in [6.45, 7) is 3.92. The molecule has 2 saturated heterocycles. The van der Waals surface area contributed by atoms with Crippen molar-refractivity contribution >= 4 is 0 Å². The maximum atomic E-state index is 10.4. The zero-order valence-electron chi connectivity index (χ0n) is 13.5. The van der Waals surface area contributed by atoms with Crippen molar-refractivity contribution in [1.29, 1.82) is 0 Å². The van der Waals surface area contributed by atoms with Gasteiger partial charge in [0, 0.05) is 25.0 Å². The standard InChI is InChI=1S/C16H29NO4/c1-16(2)13(19)8-11-14(20-4)10-7-9(18)5-6-12(10)17(3)15(11)21-16/h9-15,18-19H,5-8H2,1-4H3. The van der Waals surface area contributed by atoms with Gasteiger partial charge < -0.3 is 19.7 Å². The lowest BCUT2D eigenvalue weighted by Gasteiger charge is -2.58. The Bertz CT molecular complexity index is 388. The van der Waals surface area contributed by atoms with E-state index in [1.807, 2.05) is 13.8 Å². The summed E-state index contributed by atoms with van der Waals surface area (Å²) >= 11 is 0. The quantitative estimate of drug-likeness (QED) is 0.756. The Hall–Kier alpha value is -0.200. The van der Waals surface area contributed by atoms with Gasteiger partial charge >= 0.3 is 0 Å². The molecule has 7 unspecified atom stereocenters. The molecule has 7 atom stereocenters. The van der Waals surface area contributed by atoms with Crippen molar-refractivity contribution in [1.82, 2.24) is 4.90 Å². The van der Waals surface area contributed by atoms with Crippen LogP contribution in [0.3, 0.4) is 0 Å². The van der Waals surface area contributed by atoms with E-state index in [1.165, 1.54) is 0 Å².